The van der Waals surface area contributed by atoms with Gasteiger partial charge < -0.3 is 19.9 Å². The summed E-state index contributed by atoms with van der Waals surface area (Å²) in [5.74, 6) is -3.50. The van der Waals surface area contributed by atoms with Gasteiger partial charge in [0.25, 0.3) is 11.8 Å². The lowest BCUT2D eigenvalue weighted by molar-refractivity contribution is 0.0651. The van der Waals surface area contributed by atoms with Gasteiger partial charge >= 0.3 is 0 Å². The van der Waals surface area contributed by atoms with Crippen LogP contribution in [0.15, 0.2) is 29.2 Å². The molecule has 2 N–H and O–H groups in total. The second kappa shape index (κ2) is 6.90. The molecule has 3 heterocycles. The highest BCUT2D eigenvalue weighted by Gasteiger charge is 2.54. The lowest BCUT2D eigenvalue weighted by Gasteiger charge is -2.37. The number of hydrogen-bond acceptors (Lipinski definition) is 4. The Kier molecular flexibility index (Phi) is 4.39. The molecular formula is C22H21F2N3O4. The van der Waals surface area contributed by atoms with Crippen LogP contribution in [0.2, 0.25) is 0 Å². The molecule has 9 heteroatoms. The van der Waals surface area contributed by atoms with Crippen LogP contribution in [0.5, 0.6) is 5.75 Å². The van der Waals surface area contributed by atoms with Crippen molar-refractivity contribution < 1.29 is 23.5 Å². The smallest absolute Gasteiger partial charge is 0.274 e. The van der Waals surface area contributed by atoms with E-state index in [-0.39, 0.29) is 34.8 Å². The van der Waals surface area contributed by atoms with Crippen LogP contribution in [0.4, 0.5) is 8.78 Å². The van der Waals surface area contributed by atoms with E-state index in [1.54, 1.807) is 9.47 Å². The highest BCUT2D eigenvalue weighted by molar-refractivity contribution is 5.99. The van der Waals surface area contributed by atoms with E-state index in [9.17, 15) is 28.3 Å². The fourth-order valence-electron chi connectivity index (χ4n) is 4.92. The van der Waals surface area contributed by atoms with Gasteiger partial charge in [0.2, 0.25) is 5.43 Å². The van der Waals surface area contributed by atoms with Gasteiger partial charge in [0, 0.05) is 37.5 Å². The number of nitrogens with one attached hydrogen (secondary N) is 1. The fraction of sp³-hybridized carbons (Fsp3) is 0.409. The highest BCUT2D eigenvalue weighted by Crippen LogP contribution is 2.60. The zero-order chi connectivity index (χ0) is 21.9. The summed E-state index contributed by atoms with van der Waals surface area (Å²) in [4.78, 5) is 40.0. The number of carbonyl (C=O) groups excluding carboxylic acids is 2. The minimum absolute atomic E-state index is 0.0106. The van der Waals surface area contributed by atoms with E-state index in [2.05, 4.69) is 5.32 Å². The Bertz CT molecular complexity index is 1170. The molecule has 1 unspecified atom stereocenters. The maximum atomic E-state index is 13.8. The summed E-state index contributed by atoms with van der Waals surface area (Å²) in [6.45, 7) is 0.805. The normalized spacial score (nSPS) is 20.9. The van der Waals surface area contributed by atoms with Crippen LogP contribution >= 0.6 is 0 Å². The Hall–Kier alpha value is -3.23. The van der Waals surface area contributed by atoms with Gasteiger partial charge in [-0.15, -0.1) is 0 Å². The predicted molar refractivity (Wildman–Crippen MR) is 106 cm³/mol. The lowest BCUT2D eigenvalue weighted by atomic mass is 9.90. The van der Waals surface area contributed by atoms with Crippen molar-refractivity contribution in [2.24, 2.45) is 5.41 Å². The Morgan fingerprint density at radius 1 is 1.23 bits per heavy atom. The summed E-state index contributed by atoms with van der Waals surface area (Å²) in [7, 11) is 0. The Morgan fingerprint density at radius 2 is 2.00 bits per heavy atom. The minimum Gasteiger partial charge on any atom is -0.503 e. The SMILES string of the molecule is O=C(NCc1ccc(F)cc1F)c1cn2c(c(O)c1=O)C(=O)N1CCCC3(CC3)C2C1. The van der Waals surface area contributed by atoms with Gasteiger partial charge in [0.05, 0.1) is 6.04 Å². The number of rotatable bonds is 3. The monoisotopic (exact) mass is 429 g/mol. The van der Waals surface area contributed by atoms with Gasteiger partial charge in [-0.1, -0.05) is 6.07 Å². The van der Waals surface area contributed by atoms with E-state index >= 15 is 0 Å². The molecule has 1 aromatic carbocycles. The van der Waals surface area contributed by atoms with Crippen molar-refractivity contribution in [3.8, 4) is 5.75 Å². The summed E-state index contributed by atoms with van der Waals surface area (Å²) >= 11 is 0. The third kappa shape index (κ3) is 3.10. The van der Waals surface area contributed by atoms with E-state index in [0.717, 1.165) is 31.7 Å². The maximum Gasteiger partial charge on any atom is 0.274 e. The Labute approximate surface area is 176 Å². The molecule has 1 saturated heterocycles. The molecule has 1 spiro atoms. The van der Waals surface area contributed by atoms with Crippen LogP contribution in [0.3, 0.4) is 0 Å². The molecule has 2 bridgehead atoms. The van der Waals surface area contributed by atoms with Crippen LogP contribution in [-0.4, -0.2) is 39.5 Å². The van der Waals surface area contributed by atoms with Gasteiger partial charge in [0.1, 0.15) is 17.2 Å². The molecule has 1 atom stereocenters. The van der Waals surface area contributed by atoms with Crippen molar-refractivity contribution in [2.75, 3.05) is 13.1 Å². The summed E-state index contributed by atoms with van der Waals surface area (Å²) in [6.07, 6.45) is 5.14. The van der Waals surface area contributed by atoms with E-state index < -0.39 is 34.6 Å². The molecule has 1 aliphatic carbocycles. The number of benzene rings is 1. The van der Waals surface area contributed by atoms with Gasteiger partial charge in [-0.2, -0.15) is 0 Å². The van der Waals surface area contributed by atoms with Gasteiger partial charge in [-0.3, -0.25) is 14.4 Å². The van der Waals surface area contributed by atoms with Crippen LogP contribution in [0.25, 0.3) is 0 Å². The average Bonchev–Trinajstić information content (AvgIpc) is 3.53. The van der Waals surface area contributed by atoms with Crippen LogP contribution in [0, 0.1) is 17.0 Å². The molecule has 2 amide bonds. The standard InChI is InChI=1S/C22H21F2N3O4/c23-13-3-2-12(15(24)8-13)9-25-20(30)14-10-27-16-11-26(7-1-4-22(16)5-6-22)21(31)17(27)19(29)18(14)28/h2-3,8,10,16,29H,1,4-7,9,11H2,(H,25,30). The predicted octanol–water partition coefficient (Wildman–Crippen LogP) is 2.33. The molecule has 2 fully saturated rings. The third-order valence-corrected chi connectivity index (χ3v) is 6.83. The van der Waals surface area contributed by atoms with Crippen molar-refractivity contribution in [1.82, 2.24) is 14.8 Å². The molecule has 162 valence electrons. The number of nitrogens with zero attached hydrogens (tertiary/aromatic N) is 2. The Morgan fingerprint density at radius 3 is 2.71 bits per heavy atom. The first-order chi connectivity index (χ1) is 14.8. The first-order valence-electron chi connectivity index (χ1n) is 10.3. The number of amides is 2. The van der Waals surface area contributed by atoms with Gasteiger partial charge in [-0.25, -0.2) is 8.78 Å². The van der Waals surface area contributed by atoms with Crippen molar-refractivity contribution in [3.63, 3.8) is 0 Å². The van der Waals surface area contributed by atoms with Crippen molar-refractivity contribution in [2.45, 2.75) is 38.3 Å². The highest BCUT2D eigenvalue weighted by atomic mass is 19.1. The molecule has 0 radical (unpaired) electrons. The maximum absolute atomic E-state index is 13.8. The van der Waals surface area contributed by atoms with Crippen LogP contribution in [-0.2, 0) is 6.54 Å². The third-order valence-electron chi connectivity index (χ3n) is 6.83. The molecule has 3 aliphatic rings. The van der Waals surface area contributed by atoms with Crippen LogP contribution in [0.1, 0.15) is 58.1 Å². The number of halogens is 2. The quantitative estimate of drug-likeness (QED) is 0.784. The first-order valence-corrected chi connectivity index (χ1v) is 10.3. The first kappa shape index (κ1) is 19.7. The Balaban J connectivity index is 1.50. The number of pyridine rings is 1. The minimum atomic E-state index is -0.943. The number of carbonyl (C=O) groups is 2. The van der Waals surface area contributed by atoms with E-state index in [4.69, 9.17) is 0 Å². The molecule has 31 heavy (non-hydrogen) atoms. The second-order valence-corrected chi connectivity index (χ2v) is 8.63. The zero-order valence-electron chi connectivity index (χ0n) is 16.7. The number of fused-ring (bicyclic) bond motifs is 5. The lowest BCUT2D eigenvalue weighted by Crippen LogP contribution is -2.46. The summed E-state index contributed by atoms with van der Waals surface area (Å²) < 4.78 is 28.5. The van der Waals surface area contributed by atoms with Crippen LogP contribution < -0.4 is 10.7 Å². The molecule has 1 saturated carbocycles. The van der Waals surface area contributed by atoms with E-state index in [1.807, 2.05) is 0 Å². The number of hydrogen-bond donors (Lipinski definition) is 2. The topological polar surface area (TPSA) is 91.6 Å². The average molecular weight is 429 g/mol. The molecule has 7 nitrogen and oxygen atoms in total. The summed E-state index contributed by atoms with van der Waals surface area (Å²) in [6, 6.07) is 2.87. The summed E-state index contributed by atoms with van der Waals surface area (Å²) in [5.41, 5.74) is -1.26. The zero-order valence-corrected chi connectivity index (χ0v) is 16.7. The van der Waals surface area contributed by atoms with Crippen molar-refractivity contribution in [3.05, 3.63) is 63.1 Å². The molecule has 5 rings (SSSR count). The number of aromatic hydroxyl groups is 1. The summed E-state index contributed by atoms with van der Waals surface area (Å²) in [5, 5.41) is 13.0. The molecular weight excluding hydrogens is 408 g/mol. The molecule has 2 aromatic rings. The van der Waals surface area contributed by atoms with E-state index in [0.29, 0.717) is 19.2 Å². The fourth-order valence-corrected chi connectivity index (χ4v) is 4.92. The van der Waals surface area contributed by atoms with Gasteiger partial charge in [0.15, 0.2) is 11.4 Å². The van der Waals surface area contributed by atoms with Crippen molar-refractivity contribution >= 4 is 11.8 Å². The second-order valence-electron chi connectivity index (χ2n) is 8.63. The number of aromatic nitrogens is 1. The van der Waals surface area contributed by atoms with Gasteiger partial charge in [-0.05, 0) is 37.2 Å². The molecule has 2 aliphatic heterocycles. The van der Waals surface area contributed by atoms with Crippen molar-refractivity contribution in [1.29, 1.82) is 0 Å². The largest absolute Gasteiger partial charge is 0.503 e. The molecule has 1 aromatic heterocycles. The van der Waals surface area contributed by atoms with E-state index in [1.165, 1.54) is 12.3 Å².